The molecule has 5 heteroatoms. The molecule has 2 nitrogen and oxygen atoms in total. The fourth-order valence-corrected chi connectivity index (χ4v) is 2.73. The van der Waals surface area contributed by atoms with Gasteiger partial charge < -0.3 is 5.32 Å². The number of amides is 1. The van der Waals surface area contributed by atoms with Crippen molar-refractivity contribution in [3.05, 3.63) is 19.2 Å². The van der Waals surface area contributed by atoms with Crippen LogP contribution in [0.3, 0.4) is 0 Å². The van der Waals surface area contributed by atoms with Gasteiger partial charge in [0.1, 0.15) is 0 Å². The van der Waals surface area contributed by atoms with Crippen LogP contribution in [0.25, 0.3) is 0 Å². The summed E-state index contributed by atoms with van der Waals surface area (Å²) < 4.78 is 1.87. The fourth-order valence-electron chi connectivity index (χ4n) is 0.792. The van der Waals surface area contributed by atoms with Crippen LogP contribution in [0.4, 0.5) is 0 Å². The number of carbonyl (C=O) groups excluding carboxylic acids is 1. The molecule has 1 amide bonds. The van der Waals surface area contributed by atoms with E-state index in [0.717, 1.165) is 8.26 Å². The molecule has 1 rings (SSSR count). The van der Waals surface area contributed by atoms with Crippen molar-refractivity contribution >= 4 is 49.1 Å². The molecule has 1 N–H and O–H groups in total. The Morgan fingerprint density at radius 2 is 2.15 bits per heavy atom. The third-order valence-electron chi connectivity index (χ3n) is 1.29. The van der Waals surface area contributed by atoms with E-state index in [1.165, 1.54) is 11.3 Å². The summed E-state index contributed by atoms with van der Waals surface area (Å²) in [5.41, 5.74) is 0. The van der Waals surface area contributed by atoms with Crippen LogP contribution in [-0.4, -0.2) is 11.9 Å². The number of hydrogen-bond acceptors (Lipinski definition) is 2. The topological polar surface area (TPSA) is 29.1 Å². The van der Waals surface area contributed by atoms with E-state index in [4.69, 9.17) is 0 Å². The van der Waals surface area contributed by atoms with Gasteiger partial charge in [0.25, 0.3) is 5.91 Å². The summed E-state index contributed by atoms with van der Waals surface area (Å²) in [7, 11) is 0. The van der Waals surface area contributed by atoms with Crippen LogP contribution in [0.15, 0.2) is 14.3 Å². The predicted octanol–water partition coefficient (Wildman–Crippen LogP) is 3.41. The molecule has 0 atom stereocenters. The summed E-state index contributed by atoms with van der Waals surface area (Å²) in [5, 5.41) is 2.83. The van der Waals surface area contributed by atoms with Gasteiger partial charge in [-0.2, -0.15) is 0 Å². The molecule has 0 unspecified atom stereocenters. The summed E-state index contributed by atoms with van der Waals surface area (Å²) >= 11 is 8.10. The van der Waals surface area contributed by atoms with Crippen LogP contribution >= 0.6 is 43.2 Å². The van der Waals surface area contributed by atoms with E-state index in [1.54, 1.807) is 0 Å². The van der Waals surface area contributed by atoms with Crippen molar-refractivity contribution in [1.29, 1.82) is 0 Å². The molecule has 13 heavy (non-hydrogen) atoms. The normalized spacial score (nSPS) is 10.5. The Hall–Kier alpha value is 0.130. The molecule has 0 spiro atoms. The average Bonchev–Trinajstić information content (AvgIpc) is 2.31. The smallest absolute Gasteiger partial charge is 0.261 e. The Kier molecular flexibility index (Phi) is 3.94. The number of nitrogens with one attached hydrogen (secondary N) is 1. The predicted molar refractivity (Wildman–Crippen MR) is 62.3 cm³/mol. The Morgan fingerprint density at radius 3 is 2.54 bits per heavy atom. The lowest BCUT2D eigenvalue weighted by Gasteiger charge is -2.05. The summed E-state index contributed by atoms with van der Waals surface area (Å²) in [4.78, 5) is 12.2. The van der Waals surface area contributed by atoms with Gasteiger partial charge in [0.05, 0.1) is 8.66 Å². The first-order chi connectivity index (χ1) is 6.00. The van der Waals surface area contributed by atoms with E-state index in [9.17, 15) is 4.79 Å². The van der Waals surface area contributed by atoms with Crippen LogP contribution in [0.2, 0.25) is 0 Å². The molecule has 72 valence electrons. The van der Waals surface area contributed by atoms with Gasteiger partial charge in [-0.15, -0.1) is 11.3 Å². The molecule has 0 fully saturated rings. The Bertz CT molecular complexity index is 302. The zero-order valence-electron chi connectivity index (χ0n) is 7.23. The van der Waals surface area contributed by atoms with Crippen LogP contribution in [-0.2, 0) is 0 Å². The van der Waals surface area contributed by atoms with E-state index in [0.29, 0.717) is 4.88 Å². The number of halogens is 2. The number of thiophene rings is 1. The Labute approximate surface area is 98.0 Å². The quantitative estimate of drug-likeness (QED) is 0.886. The molecule has 1 heterocycles. The van der Waals surface area contributed by atoms with E-state index in [1.807, 2.05) is 19.9 Å². The lowest BCUT2D eigenvalue weighted by atomic mass is 10.3. The lowest BCUT2D eigenvalue weighted by Crippen LogP contribution is -2.29. The van der Waals surface area contributed by atoms with E-state index >= 15 is 0 Å². The molecule has 0 radical (unpaired) electrons. The molecule has 0 aliphatic rings. The summed E-state index contributed by atoms with van der Waals surface area (Å²) in [6.45, 7) is 3.88. The van der Waals surface area contributed by atoms with Crippen LogP contribution in [0, 0.1) is 0 Å². The molecule has 0 saturated carbocycles. The second kappa shape index (κ2) is 4.57. The zero-order valence-corrected chi connectivity index (χ0v) is 11.2. The third-order valence-corrected chi connectivity index (χ3v) is 4.54. The minimum Gasteiger partial charge on any atom is -0.349 e. The monoisotopic (exact) mass is 325 g/mol. The molecular weight excluding hydrogens is 318 g/mol. The van der Waals surface area contributed by atoms with Crippen molar-refractivity contribution in [3.8, 4) is 0 Å². The molecule has 0 bridgehead atoms. The zero-order chi connectivity index (χ0) is 10.0. The van der Waals surface area contributed by atoms with Gasteiger partial charge in [-0.3, -0.25) is 4.79 Å². The first-order valence-corrected chi connectivity index (χ1v) is 6.16. The summed E-state index contributed by atoms with van der Waals surface area (Å²) in [6, 6.07) is 1.99. The fraction of sp³-hybridized carbons (Fsp3) is 0.375. The van der Waals surface area contributed by atoms with Crippen LogP contribution in [0.1, 0.15) is 23.5 Å². The largest absolute Gasteiger partial charge is 0.349 e. The first-order valence-electron chi connectivity index (χ1n) is 3.76. The molecule has 0 aromatic carbocycles. The minimum absolute atomic E-state index is 0.0219. The standard InChI is InChI=1S/C8H9Br2NOS/c1-4(2)11-8(12)6-3-5(9)7(10)13-6/h3-4H,1-2H3,(H,11,12). The Balaban J connectivity index is 2.77. The van der Waals surface area contributed by atoms with Crippen molar-refractivity contribution in [3.63, 3.8) is 0 Å². The highest BCUT2D eigenvalue weighted by molar-refractivity contribution is 9.13. The van der Waals surface area contributed by atoms with Gasteiger partial charge >= 0.3 is 0 Å². The van der Waals surface area contributed by atoms with Crippen molar-refractivity contribution < 1.29 is 4.79 Å². The minimum atomic E-state index is -0.0219. The number of carbonyl (C=O) groups is 1. The molecular formula is C8H9Br2NOS. The van der Waals surface area contributed by atoms with E-state index < -0.39 is 0 Å². The molecule has 1 aromatic rings. The number of hydrogen-bond donors (Lipinski definition) is 1. The van der Waals surface area contributed by atoms with Crippen molar-refractivity contribution in [2.24, 2.45) is 0 Å². The average molecular weight is 327 g/mol. The second-order valence-electron chi connectivity index (χ2n) is 2.86. The Morgan fingerprint density at radius 1 is 1.54 bits per heavy atom. The van der Waals surface area contributed by atoms with Gasteiger partial charge in [-0.1, -0.05) is 0 Å². The van der Waals surface area contributed by atoms with Crippen molar-refractivity contribution in [1.82, 2.24) is 5.32 Å². The van der Waals surface area contributed by atoms with Crippen molar-refractivity contribution in [2.45, 2.75) is 19.9 Å². The highest BCUT2D eigenvalue weighted by Crippen LogP contribution is 2.32. The maximum atomic E-state index is 11.5. The summed E-state index contributed by atoms with van der Waals surface area (Å²) in [6.07, 6.45) is 0. The maximum Gasteiger partial charge on any atom is 0.261 e. The second-order valence-corrected chi connectivity index (χ2v) is 6.08. The molecule has 0 aliphatic carbocycles. The van der Waals surface area contributed by atoms with E-state index in [2.05, 4.69) is 37.2 Å². The maximum absolute atomic E-state index is 11.5. The van der Waals surface area contributed by atoms with Gasteiger partial charge in [0, 0.05) is 10.5 Å². The SMILES string of the molecule is CC(C)NC(=O)c1cc(Br)c(Br)s1. The highest BCUT2D eigenvalue weighted by Gasteiger charge is 2.12. The summed E-state index contributed by atoms with van der Waals surface area (Å²) in [5.74, 6) is -0.0219. The van der Waals surface area contributed by atoms with Crippen LogP contribution in [0.5, 0.6) is 0 Å². The van der Waals surface area contributed by atoms with Crippen molar-refractivity contribution in [2.75, 3.05) is 0 Å². The molecule has 1 aromatic heterocycles. The lowest BCUT2D eigenvalue weighted by molar-refractivity contribution is 0.0947. The van der Waals surface area contributed by atoms with Gasteiger partial charge in [-0.05, 0) is 51.8 Å². The van der Waals surface area contributed by atoms with Gasteiger partial charge in [0.2, 0.25) is 0 Å². The highest BCUT2D eigenvalue weighted by atomic mass is 79.9. The van der Waals surface area contributed by atoms with Crippen LogP contribution < -0.4 is 5.32 Å². The van der Waals surface area contributed by atoms with E-state index in [-0.39, 0.29) is 11.9 Å². The molecule has 0 saturated heterocycles. The number of rotatable bonds is 2. The first kappa shape index (κ1) is 11.2. The van der Waals surface area contributed by atoms with Gasteiger partial charge in [0.15, 0.2) is 0 Å². The van der Waals surface area contributed by atoms with Gasteiger partial charge in [-0.25, -0.2) is 0 Å². The molecule has 0 aliphatic heterocycles. The third kappa shape index (κ3) is 3.07.